The van der Waals surface area contributed by atoms with Crippen molar-refractivity contribution >= 4 is 57.2 Å². The van der Waals surface area contributed by atoms with E-state index in [-0.39, 0.29) is 17.8 Å². The molecule has 3 aromatic rings. The minimum absolute atomic E-state index is 0.115. The molecule has 0 radical (unpaired) electrons. The number of oxazole rings is 1. The molecule has 6 nitrogen and oxygen atoms in total. The average molecular weight is 421 g/mol. The highest BCUT2D eigenvalue weighted by Gasteiger charge is 2.12. The number of benzene rings is 2. The first-order valence-corrected chi connectivity index (χ1v) is 7.84. The molecule has 7 heteroatoms. The molecule has 0 unspecified atom stereocenters. The predicted octanol–water partition coefficient (Wildman–Crippen LogP) is 3.64. The topological polar surface area (TPSA) is 84.2 Å². The number of rotatable bonds is 3. The Kier molecular flexibility index (Phi) is 4.28. The van der Waals surface area contributed by atoms with Crippen LogP contribution in [0.25, 0.3) is 11.1 Å². The highest BCUT2D eigenvalue weighted by molar-refractivity contribution is 14.1. The molecule has 0 fully saturated rings. The number of carbonyl (C=O) groups excluding carboxylic acids is 2. The highest BCUT2D eigenvalue weighted by Crippen LogP contribution is 2.23. The van der Waals surface area contributed by atoms with Gasteiger partial charge in [-0.3, -0.25) is 14.9 Å². The van der Waals surface area contributed by atoms with Crippen LogP contribution in [0.2, 0.25) is 0 Å². The first kappa shape index (κ1) is 15.5. The minimum Gasteiger partial charge on any atom is -0.423 e. The lowest BCUT2D eigenvalue weighted by atomic mass is 10.2. The molecule has 0 aliphatic carbocycles. The van der Waals surface area contributed by atoms with Crippen LogP contribution in [-0.4, -0.2) is 16.8 Å². The second-order valence-corrected chi connectivity index (χ2v) is 6.09. The quantitative estimate of drug-likeness (QED) is 0.633. The Hall–Kier alpha value is -2.42. The first-order valence-electron chi connectivity index (χ1n) is 6.76. The molecule has 2 N–H and O–H groups in total. The third kappa shape index (κ3) is 3.67. The van der Waals surface area contributed by atoms with Gasteiger partial charge in [-0.25, -0.2) is 0 Å². The Labute approximate surface area is 145 Å². The summed E-state index contributed by atoms with van der Waals surface area (Å²) in [5.74, 6) is -0.465. The van der Waals surface area contributed by atoms with Crippen LogP contribution >= 0.6 is 22.6 Å². The lowest BCUT2D eigenvalue weighted by molar-refractivity contribution is -0.114. The average Bonchev–Trinajstić information content (AvgIpc) is 2.88. The van der Waals surface area contributed by atoms with Gasteiger partial charge >= 0.3 is 6.01 Å². The van der Waals surface area contributed by atoms with Crippen LogP contribution in [0.5, 0.6) is 0 Å². The van der Waals surface area contributed by atoms with Crippen molar-refractivity contribution < 1.29 is 14.0 Å². The van der Waals surface area contributed by atoms with Gasteiger partial charge in [-0.05, 0) is 52.9 Å². The zero-order valence-electron chi connectivity index (χ0n) is 12.1. The number of hydrogen-bond acceptors (Lipinski definition) is 4. The van der Waals surface area contributed by atoms with E-state index < -0.39 is 0 Å². The fourth-order valence-corrected chi connectivity index (χ4v) is 2.60. The molecule has 0 aliphatic rings. The molecular formula is C16H12IN3O3. The van der Waals surface area contributed by atoms with Gasteiger partial charge < -0.3 is 9.73 Å². The second-order valence-electron chi connectivity index (χ2n) is 4.85. The number of fused-ring (bicyclic) bond motifs is 1. The van der Waals surface area contributed by atoms with Crippen LogP contribution in [0.3, 0.4) is 0 Å². The third-order valence-corrected chi connectivity index (χ3v) is 3.69. The molecule has 2 amide bonds. The summed E-state index contributed by atoms with van der Waals surface area (Å²) in [6, 6.07) is 12.4. The molecule has 1 heterocycles. The lowest BCUT2D eigenvalue weighted by Gasteiger charge is -2.01. The summed E-state index contributed by atoms with van der Waals surface area (Å²) in [6.45, 7) is 1.43. The van der Waals surface area contributed by atoms with Gasteiger partial charge in [0.1, 0.15) is 5.52 Å². The van der Waals surface area contributed by atoms with E-state index in [1.54, 1.807) is 30.3 Å². The second kappa shape index (κ2) is 6.37. The fraction of sp³-hybridized carbons (Fsp3) is 0.0625. The van der Waals surface area contributed by atoms with Gasteiger partial charge in [-0.2, -0.15) is 4.98 Å². The summed E-state index contributed by atoms with van der Waals surface area (Å²) < 4.78 is 6.48. The summed E-state index contributed by atoms with van der Waals surface area (Å²) in [4.78, 5) is 27.5. The Morgan fingerprint density at radius 3 is 2.70 bits per heavy atom. The van der Waals surface area contributed by atoms with Gasteiger partial charge in [-0.1, -0.05) is 6.07 Å². The summed E-state index contributed by atoms with van der Waals surface area (Å²) >= 11 is 2.14. The zero-order valence-corrected chi connectivity index (χ0v) is 14.2. The van der Waals surface area contributed by atoms with Crippen LogP contribution in [0.1, 0.15) is 17.3 Å². The van der Waals surface area contributed by atoms with Crippen molar-refractivity contribution in [1.82, 2.24) is 4.98 Å². The van der Waals surface area contributed by atoms with Gasteiger partial charge in [0.15, 0.2) is 5.58 Å². The van der Waals surface area contributed by atoms with E-state index >= 15 is 0 Å². The van der Waals surface area contributed by atoms with Gasteiger partial charge in [0.2, 0.25) is 5.91 Å². The van der Waals surface area contributed by atoms with Gasteiger partial charge in [0.25, 0.3) is 5.91 Å². The van der Waals surface area contributed by atoms with Crippen molar-refractivity contribution in [3.63, 3.8) is 0 Å². The van der Waals surface area contributed by atoms with Crippen molar-refractivity contribution in [2.75, 3.05) is 10.6 Å². The van der Waals surface area contributed by atoms with E-state index in [1.807, 2.05) is 12.1 Å². The molecule has 0 aliphatic heterocycles. The van der Waals surface area contributed by atoms with E-state index in [0.717, 1.165) is 3.57 Å². The molecule has 0 saturated heterocycles. The zero-order chi connectivity index (χ0) is 16.4. The van der Waals surface area contributed by atoms with E-state index in [1.165, 1.54) is 6.92 Å². The van der Waals surface area contributed by atoms with E-state index in [0.29, 0.717) is 22.4 Å². The van der Waals surface area contributed by atoms with Crippen molar-refractivity contribution in [3.8, 4) is 0 Å². The van der Waals surface area contributed by atoms with Crippen LogP contribution < -0.4 is 10.6 Å². The Bertz CT molecular complexity index is 904. The number of carbonyl (C=O) groups is 2. The number of halogens is 1. The molecule has 2 aromatic carbocycles. The number of nitrogens with zero attached hydrogens (tertiary/aromatic N) is 1. The fourth-order valence-electron chi connectivity index (χ4n) is 2.06. The summed E-state index contributed by atoms with van der Waals surface area (Å²) in [5.41, 5.74) is 2.21. The maximum absolute atomic E-state index is 12.2. The largest absolute Gasteiger partial charge is 0.423 e. The number of aromatic nitrogens is 1. The molecule has 0 atom stereocenters. The van der Waals surface area contributed by atoms with Crippen LogP contribution in [0.15, 0.2) is 46.9 Å². The van der Waals surface area contributed by atoms with Crippen LogP contribution in [0.4, 0.5) is 11.7 Å². The maximum atomic E-state index is 12.2. The van der Waals surface area contributed by atoms with E-state index in [2.05, 4.69) is 38.2 Å². The van der Waals surface area contributed by atoms with E-state index in [4.69, 9.17) is 4.42 Å². The normalized spacial score (nSPS) is 10.5. The Balaban J connectivity index is 1.83. The monoisotopic (exact) mass is 421 g/mol. The SMILES string of the molecule is CC(=O)Nc1ccc2nc(NC(=O)c3cccc(I)c3)oc2c1. The van der Waals surface area contributed by atoms with E-state index in [9.17, 15) is 9.59 Å². The molecule has 116 valence electrons. The lowest BCUT2D eigenvalue weighted by Crippen LogP contribution is -2.12. The Morgan fingerprint density at radius 1 is 1.13 bits per heavy atom. The minimum atomic E-state index is -0.294. The summed E-state index contributed by atoms with van der Waals surface area (Å²) in [5, 5.41) is 5.29. The number of nitrogens with one attached hydrogen (secondary N) is 2. The smallest absolute Gasteiger partial charge is 0.302 e. The van der Waals surface area contributed by atoms with Gasteiger partial charge in [0.05, 0.1) is 0 Å². The molecule has 0 saturated carbocycles. The third-order valence-electron chi connectivity index (χ3n) is 3.02. The van der Waals surface area contributed by atoms with Crippen LogP contribution in [-0.2, 0) is 4.79 Å². The molecule has 1 aromatic heterocycles. The number of hydrogen-bond donors (Lipinski definition) is 2. The number of amides is 2. The molecule has 0 bridgehead atoms. The van der Waals surface area contributed by atoms with Crippen molar-refractivity contribution in [2.45, 2.75) is 6.92 Å². The summed E-state index contributed by atoms with van der Waals surface area (Å²) in [6.07, 6.45) is 0. The predicted molar refractivity (Wildman–Crippen MR) is 95.4 cm³/mol. The maximum Gasteiger partial charge on any atom is 0.302 e. The van der Waals surface area contributed by atoms with Crippen molar-refractivity contribution in [1.29, 1.82) is 0 Å². The van der Waals surface area contributed by atoms with Crippen LogP contribution in [0, 0.1) is 3.57 Å². The van der Waals surface area contributed by atoms with Gasteiger partial charge in [0, 0.05) is 27.8 Å². The Morgan fingerprint density at radius 2 is 1.96 bits per heavy atom. The molecule has 0 spiro atoms. The number of anilines is 2. The highest BCUT2D eigenvalue weighted by atomic mass is 127. The van der Waals surface area contributed by atoms with Gasteiger partial charge in [-0.15, -0.1) is 0 Å². The standard InChI is InChI=1S/C16H12IN3O3/c1-9(21)18-12-5-6-13-14(8-12)23-16(19-13)20-15(22)10-3-2-4-11(17)7-10/h2-8H,1H3,(H,18,21)(H,19,20,22). The summed E-state index contributed by atoms with van der Waals surface area (Å²) in [7, 11) is 0. The van der Waals surface area contributed by atoms with Crippen molar-refractivity contribution in [2.24, 2.45) is 0 Å². The first-order chi connectivity index (χ1) is 11.0. The van der Waals surface area contributed by atoms with Crippen molar-refractivity contribution in [3.05, 3.63) is 51.6 Å². The molecule has 23 heavy (non-hydrogen) atoms. The molecule has 3 rings (SSSR count). The molecular weight excluding hydrogens is 409 g/mol.